The van der Waals surface area contributed by atoms with E-state index in [1.54, 1.807) is 24.4 Å². The van der Waals surface area contributed by atoms with Gasteiger partial charge in [0.05, 0.1) is 6.04 Å². The van der Waals surface area contributed by atoms with Gasteiger partial charge in [0.15, 0.2) is 11.5 Å². The normalized spacial score (nSPS) is 14.0. The molecule has 0 aliphatic carbocycles. The fourth-order valence-corrected chi connectivity index (χ4v) is 2.74. The summed E-state index contributed by atoms with van der Waals surface area (Å²) in [7, 11) is 0. The third kappa shape index (κ3) is 3.85. The first kappa shape index (κ1) is 16.3. The van der Waals surface area contributed by atoms with Crippen LogP contribution in [0.1, 0.15) is 48.1 Å². The molecule has 5 heteroatoms. The molecule has 0 fully saturated rings. The molecule has 3 rings (SSSR count). The minimum atomic E-state index is -0.114. The molecular formula is C19H22N2O3. The lowest BCUT2D eigenvalue weighted by Crippen LogP contribution is -2.29. The fourth-order valence-electron chi connectivity index (χ4n) is 2.74. The summed E-state index contributed by atoms with van der Waals surface area (Å²) in [5.74, 6) is 1.20. The molecule has 2 aromatic rings. The van der Waals surface area contributed by atoms with Gasteiger partial charge in [-0.1, -0.05) is 25.8 Å². The highest BCUT2D eigenvalue weighted by Crippen LogP contribution is 2.31. The number of hydrogen-bond donors (Lipinski definition) is 1. The molecule has 1 N–H and O–H groups in total. The number of pyridine rings is 1. The van der Waals surface area contributed by atoms with Gasteiger partial charge in [0, 0.05) is 18.0 Å². The molecule has 0 saturated heterocycles. The van der Waals surface area contributed by atoms with Crippen molar-refractivity contribution in [1.29, 1.82) is 0 Å². The highest BCUT2D eigenvalue weighted by molar-refractivity contribution is 5.95. The van der Waals surface area contributed by atoms with Crippen molar-refractivity contribution in [1.82, 2.24) is 10.3 Å². The number of carbonyl (C=O) groups is 1. The van der Waals surface area contributed by atoms with Crippen LogP contribution in [0, 0.1) is 0 Å². The maximum Gasteiger partial charge on any atom is 0.251 e. The van der Waals surface area contributed by atoms with E-state index in [2.05, 4.69) is 17.2 Å². The van der Waals surface area contributed by atoms with Crippen molar-refractivity contribution in [2.45, 2.75) is 32.2 Å². The van der Waals surface area contributed by atoms with Crippen LogP contribution in [0.4, 0.5) is 0 Å². The van der Waals surface area contributed by atoms with Crippen LogP contribution in [0.5, 0.6) is 11.5 Å². The summed E-state index contributed by atoms with van der Waals surface area (Å²) in [4.78, 5) is 16.8. The van der Waals surface area contributed by atoms with Crippen molar-refractivity contribution >= 4 is 5.91 Å². The van der Waals surface area contributed by atoms with E-state index in [0.717, 1.165) is 24.8 Å². The summed E-state index contributed by atoms with van der Waals surface area (Å²) in [6, 6.07) is 9.14. The molecule has 1 aromatic carbocycles. The number of hydrogen-bond acceptors (Lipinski definition) is 4. The standard InChI is InChI=1S/C19H22N2O3/c1-2-3-6-16(15-5-4-9-20-13-15)21-19(22)14-7-8-17-18(12-14)24-11-10-23-17/h4-5,7-9,12-13,16H,2-3,6,10-11H2,1H3,(H,21,22)/t16-/m1/s1. The van der Waals surface area contributed by atoms with Gasteiger partial charge in [-0.2, -0.15) is 0 Å². The molecule has 24 heavy (non-hydrogen) atoms. The van der Waals surface area contributed by atoms with Gasteiger partial charge >= 0.3 is 0 Å². The molecule has 0 saturated carbocycles. The van der Waals surface area contributed by atoms with Crippen molar-refractivity contribution in [3.8, 4) is 11.5 Å². The van der Waals surface area contributed by atoms with Crippen LogP contribution in [0.2, 0.25) is 0 Å². The number of nitrogens with one attached hydrogen (secondary N) is 1. The number of rotatable bonds is 6. The summed E-state index contributed by atoms with van der Waals surface area (Å²) in [5, 5.41) is 3.12. The van der Waals surface area contributed by atoms with E-state index in [-0.39, 0.29) is 11.9 Å². The Morgan fingerprint density at radius 1 is 1.25 bits per heavy atom. The van der Waals surface area contributed by atoms with E-state index in [1.807, 2.05) is 18.3 Å². The Labute approximate surface area is 142 Å². The summed E-state index contributed by atoms with van der Waals surface area (Å²) < 4.78 is 11.1. The first-order valence-electron chi connectivity index (χ1n) is 8.38. The Morgan fingerprint density at radius 3 is 2.83 bits per heavy atom. The van der Waals surface area contributed by atoms with Crippen molar-refractivity contribution < 1.29 is 14.3 Å². The summed E-state index contributed by atoms with van der Waals surface area (Å²) in [6.07, 6.45) is 6.56. The van der Waals surface area contributed by atoms with E-state index in [9.17, 15) is 4.79 Å². The van der Waals surface area contributed by atoms with Crippen LogP contribution in [0.25, 0.3) is 0 Å². The molecule has 1 aromatic heterocycles. The number of amides is 1. The zero-order valence-corrected chi connectivity index (χ0v) is 13.8. The minimum absolute atomic E-state index is 0.0423. The van der Waals surface area contributed by atoms with Crippen molar-refractivity contribution in [2.75, 3.05) is 13.2 Å². The van der Waals surface area contributed by atoms with Gasteiger partial charge in [-0.05, 0) is 36.2 Å². The van der Waals surface area contributed by atoms with Gasteiger partial charge in [0.25, 0.3) is 5.91 Å². The highest BCUT2D eigenvalue weighted by Gasteiger charge is 2.18. The minimum Gasteiger partial charge on any atom is -0.486 e. The second kappa shape index (κ2) is 7.81. The molecule has 0 spiro atoms. The lowest BCUT2D eigenvalue weighted by atomic mass is 10.0. The smallest absolute Gasteiger partial charge is 0.251 e. The van der Waals surface area contributed by atoms with Crippen LogP contribution in [0.3, 0.4) is 0 Å². The topological polar surface area (TPSA) is 60.5 Å². The SMILES string of the molecule is CCCC[C@@H](NC(=O)c1ccc2c(c1)OCCO2)c1cccnc1. The Hall–Kier alpha value is -2.56. The van der Waals surface area contributed by atoms with E-state index < -0.39 is 0 Å². The van der Waals surface area contributed by atoms with E-state index in [4.69, 9.17) is 9.47 Å². The Bertz CT molecular complexity index is 688. The van der Waals surface area contributed by atoms with Gasteiger partial charge in [0.1, 0.15) is 13.2 Å². The van der Waals surface area contributed by atoms with E-state index >= 15 is 0 Å². The van der Waals surface area contributed by atoms with Crippen molar-refractivity contribution in [2.24, 2.45) is 0 Å². The zero-order chi connectivity index (χ0) is 16.8. The molecule has 5 nitrogen and oxygen atoms in total. The van der Waals surface area contributed by atoms with Gasteiger partial charge in [-0.25, -0.2) is 0 Å². The number of nitrogens with zero attached hydrogens (tertiary/aromatic N) is 1. The zero-order valence-electron chi connectivity index (χ0n) is 13.8. The van der Waals surface area contributed by atoms with Crippen LogP contribution < -0.4 is 14.8 Å². The molecule has 1 aliphatic heterocycles. The molecule has 0 bridgehead atoms. The molecule has 1 atom stereocenters. The van der Waals surface area contributed by atoms with Crippen LogP contribution in [-0.2, 0) is 0 Å². The first-order valence-corrected chi connectivity index (χ1v) is 8.38. The van der Waals surface area contributed by atoms with E-state index in [1.165, 1.54) is 0 Å². The van der Waals surface area contributed by atoms with Gasteiger partial charge in [0.2, 0.25) is 0 Å². The predicted octanol–water partition coefficient (Wildman–Crippen LogP) is 3.51. The molecule has 0 unspecified atom stereocenters. The highest BCUT2D eigenvalue weighted by atomic mass is 16.6. The quantitative estimate of drug-likeness (QED) is 0.882. The summed E-state index contributed by atoms with van der Waals surface area (Å²) in [5.41, 5.74) is 1.60. The number of ether oxygens (including phenoxy) is 2. The second-order valence-electron chi connectivity index (χ2n) is 5.81. The second-order valence-corrected chi connectivity index (χ2v) is 5.81. The van der Waals surface area contributed by atoms with Crippen LogP contribution >= 0.6 is 0 Å². The lowest BCUT2D eigenvalue weighted by Gasteiger charge is -2.21. The number of unbranched alkanes of at least 4 members (excludes halogenated alkanes) is 1. The molecule has 2 heterocycles. The van der Waals surface area contributed by atoms with E-state index in [0.29, 0.717) is 30.3 Å². The van der Waals surface area contributed by atoms with Gasteiger partial charge in [-0.3, -0.25) is 9.78 Å². The van der Waals surface area contributed by atoms with Gasteiger partial charge < -0.3 is 14.8 Å². The summed E-state index contributed by atoms with van der Waals surface area (Å²) in [6.45, 7) is 3.19. The van der Waals surface area contributed by atoms with Crippen molar-refractivity contribution in [3.63, 3.8) is 0 Å². The Morgan fingerprint density at radius 2 is 2.08 bits per heavy atom. The molecule has 0 radical (unpaired) electrons. The molecular weight excluding hydrogens is 304 g/mol. The lowest BCUT2D eigenvalue weighted by molar-refractivity contribution is 0.0932. The Kier molecular flexibility index (Phi) is 5.31. The maximum absolute atomic E-state index is 12.6. The number of fused-ring (bicyclic) bond motifs is 1. The predicted molar refractivity (Wildman–Crippen MR) is 91.4 cm³/mol. The third-order valence-electron chi connectivity index (χ3n) is 4.04. The average Bonchev–Trinajstić information content (AvgIpc) is 2.65. The van der Waals surface area contributed by atoms with Crippen LogP contribution in [0.15, 0.2) is 42.7 Å². The maximum atomic E-state index is 12.6. The molecule has 1 aliphatic rings. The van der Waals surface area contributed by atoms with Crippen LogP contribution in [-0.4, -0.2) is 24.1 Å². The number of benzene rings is 1. The average molecular weight is 326 g/mol. The molecule has 1 amide bonds. The summed E-state index contributed by atoms with van der Waals surface area (Å²) >= 11 is 0. The number of aromatic nitrogens is 1. The number of carbonyl (C=O) groups excluding carboxylic acids is 1. The third-order valence-corrected chi connectivity index (χ3v) is 4.04. The van der Waals surface area contributed by atoms with Crippen molar-refractivity contribution in [3.05, 3.63) is 53.9 Å². The monoisotopic (exact) mass is 326 g/mol. The Balaban J connectivity index is 1.75. The first-order chi connectivity index (χ1) is 11.8. The molecule has 126 valence electrons. The largest absolute Gasteiger partial charge is 0.486 e. The fraction of sp³-hybridized carbons (Fsp3) is 0.368. The van der Waals surface area contributed by atoms with Gasteiger partial charge in [-0.15, -0.1) is 0 Å².